The highest BCUT2D eigenvalue weighted by Gasteiger charge is 2.61. The van der Waals surface area contributed by atoms with Gasteiger partial charge in [-0.05, 0) is 30.0 Å². The summed E-state index contributed by atoms with van der Waals surface area (Å²) >= 11 is 3.32. The van der Waals surface area contributed by atoms with Gasteiger partial charge in [0.05, 0.1) is 5.57 Å². The summed E-state index contributed by atoms with van der Waals surface area (Å²) in [5.74, 6) is -2.87. The number of benzene rings is 1. The molecule has 27 heavy (non-hydrogen) atoms. The van der Waals surface area contributed by atoms with E-state index in [1.165, 1.54) is 4.90 Å². The van der Waals surface area contributed by atoms with Gasteiger partial charge in [0.25, 0.3) is 17.4 Å². The van der Waals surface area contributed by atoms with Crippen molar-refractivity contribution in [3.63, 3.8) is 0 Å². The Morgan fingerprint density at radius 2 is 1.93 bits per heavy atom. The minimum Gasteiger partial charge on any atom is -0.368 e. The van der Waals surface area contributed by atoms with Crippen LogP contribution in [0.3, 0.4) is 0 Å². The highest BCUT2D eigenvalue weighted by atomic mass is 79.9. The minimum atomic E-state index is -2.81. The molecule has 1 aliphatic heterocycles. The van der Waals surface area contributed by atoms with Crippen LogP contribution in [0.2, 0.25) is 0 Å². The molecule has 9 heteroatoms. The number of nitrogens with one attached hydrogen (secondary N) is 1. The van der Waals surface area contributed by atoms with Gasteiger partial charge in [0.1, 0.15) is 0 Å². The summed E-state index contributed by atoms with van der Waals surface area (Å²) in [5.41, 5.74) is 2.03. The maximum absolute atomic E-state index is 13.1. The number of carbonyl (C=O) groups excluding carboxylic acids is 4. The average Bonchev–Trinajstić information content (AvgIpc) is 2.74. The lowest BCUT2D eigenvalue weighted by Gasteiger charge is -2.32. The minimum absolute atomic E-state index is 0.0532. The number of urea groups is 1. The highest BCUT2D eigenvalue weighted by Crippen LogP contribution is 2.48. The predicted octanol–water partition coefficient (Wildman–Crippen LogP) is 1.36. The fraction of sp³-hybridized carbons (Fsp3) is 0.333. The quantitative estimate of drug-likeness (QED) is 0.603. The zero-order valence-electron chi connectivity index (χ0n) is 14.7. The Hall–Kier alpha value is -2.52. The van der Waals surface area contributed by atoms with Gasteiger partial charge in [-0.1, -0.05) is 35.8 Å². The molecule has 8 nitrogen and oxygen atoms in total. The van der Waals surface area contributed by atoms with E-state index in [0.717, 1.165) is 0 Å². The molecule has 0 radical (unpaired) electrons. The molecule has 1 aromatic rings. The summed E-state index contributed by atoms with van der Waals surface area (Å²) in [6, 6.07) is 5.46. The first-order valence-corrected chi connectivity index (χ1v) is 8.97. The lowest BCUT2D eigenvalue weighted by atomic mass is 9.73. The van der Waals surface area contributed by atoms with E-state index in [4.69, 9.17) is 5.73 Å². The molecule has 0 bridgehead atoms. The van der Waals surface area contributed by atoms with E-state index in [-0.39, 0.29) is 17.7 Å². The standard InChI is InChI=1S/C18H18BrN3O5/c1-17(2)7-11-13(12(23)8-17)18(27,14(24)21-16(20)26)15(25)22(11)10-5-3-4-9(19)6-10/h3-6,27H,7-8H2,1-2H3,(H3,20,21,24,26). The van der Waals surface area contributed by atoms with E-state index in [1.54, 1.807) is 29.6 Å². The molecule has 0 spiro atoms. The Morgan fingerprint density at radius 3 is 2.52 bits per heavy atom. The monoisotopic (exact) mass is 435 g/mol. The maximum atomic E-state index is 13.1. The molecule has 1 aromatic carbocycles. The molecular weight excluding hydrogens is 418 g/mol. The number of nitrogens with zero attached hydrogens (tertiary/aromatic N) is 1. The van der Waals surface area contributed by atoms with Crippen molar-refractivity contribution in [1.82, 2.24) is 5.32 Å². The summed E-state index contributed by atoms with van der Waals surface area (Å²) in [4.78, 5) is 50.7. The van der Waals surface area contributed by atoms with Crippen molar-refractivity contribution >= 4 is 45.2 Å². The third kappa shape index (κ3) is 3.06. The molecule has 4 N–H and O–H groups in total. The van der Waals surface area contributed by atoms with E-state index >= 15 is 0 Å². The highest BCUT2D eigenvalue weighted by molar-refractivity contribution is 9.10. The van der Waals surface area contributed by atoms with Crippen molar-refractivity contribution in [3.8, 4) is 0 Å². The molecule has 3 rings (SSSR count). The van der Waals surface area contributed by atoms with Crippen LogP contribution in [0.5, 0.6) is 0 Å². The second-order valence-corrected chi connectivity index (χ2v) is 8.33. The average molecular weight is 436 g/mol. The largest absolute Gasteiger partial charge is 0.368 e. The van der Waals surface area contributed by atoms with Crippen LogP contribution in [0.4, 0.5) is 10.5 Å². The first-order valence-electron chi connectivity index (χ1n) is 8.17. The number of anilines is 1. The Morgan fingerprint density at radius 1 is 1.26 bits per heavy atom. The van der Waals surface area contributed by atoms with Crippen LogP contribution in [0.25, 0.3) is 0 Å². The molecule has 1 atom stereocenters. The summed E-state index contributed by atoms with van der Waals surface area (Å²) < 4.78 is 0.674. The van der Waals surface area contributed by atoms with Gasteiger partial charge in [-0.3, -0.25) is 24.6 Å². The van der Waals surface area contributed by atoms with Gasteiger partial charge < -0.3 is 10.8 Å². The summed E-state index contributed by atoms with van der Waals surface area (Å²) in [7, 11) is 0. The first-order chi connectivity index (χ1) is 12.5. The van der Waals surface area contributed by atoms with Gasteiger partial charge in [0.15, 0.2) is 5.78 Å². The van der Waals surface area contributed by atoms with Crippen LogP contribution < -0.4 is 16.0 Å². The van der Waals surface area contributed by atoms with Crippen LogP contribution in [-0.4, -0.2) is 34.3 Å². The fourth-order valence-electron chi connectivity index (χ4n) is 3.58. The Labute approximate surface area is 163 Å². The van der Waals surface area contributed by atoms with Crippen LogP contribution in [-0.2, 0) is 14.4 Å². The van der Waals surface area contributed by atoms with E-state index < -0.39 is 34.6 Å². The molecule has 142 valence electrons. The number of rotatable bonds is 2. The Kier molecular flexibility index (Phi) is 4.47. The van der Waals surface area contributed by atoms with Gasteiger partial charge in [-0.25, -0.2) is 4.79 Å². The van der Waals surface area contributed by atoms with Crippen LogP contribution in [0.15, 0.2) is 40.0 Å². The topological polar surface area (TPSA) is 130 Å². The van der Waals surface area contributed by atoms with Crippen LogP contribution >= 0.6 is 15.9 Å². The number of hydrogen-bond donors (Lipinski definition) is 3. The number of hydrogen-bond acceptors (Lipinski definition) is 5. The van der Waals surface area contributed by atoms with E-state index in [9.17, 15) is 24.3 Å². The van der Waals surface area contributed by atoms with Gasteiger partial charge in [0, 0.05) is 22.3 Å². The lowest BCUT2D eigenvalue weighted by molar-refractivity contribution is -0.147. The molecule has 2 aliphatic rings. The number of nitrogens with two attached hydrogens (primary N) is 1. The third-order valence-electron chi connectivity index (χ3n) is 4.63. The molecular formula is C18H18BrN3O5. The summed E-state index contributed by atoms with van der Waals surface area (Å²) in [5, 5.41) is 12.7. The second-order valence-electron chi connectivity index (χ2n) is 7.41. The van der Waals surface area contributed by atoms with Crippen molar-refractivity contribution in [1.29, 1.82) is 0 Å². The number of amides is 4. The fourth-order valence-corrected chi connectivity index (χ4v) is 3.97. The predicted molar refractivity (Wildman–Crippen MR) is 99.4 cm³/mol. The lowest BCUT2D eigenvalue weighted by Crippen LogP contribution is -2.57. The van der Waals surface area contributed by atoms with Gasteiger partial charge >= 0.3 is 6.03 Å². The van der Waals surface area contributed by atoms with Gasteiger partial charge in [-0.2, -0.15) is 0 Å². The van der Waals surface area contributed by atoms with Crippen molar-refractivity contribution in [2.24, 2.45) is 11.1 Å². The van der Waals surface area contributed by atoms with E-state index in [0.29, 0.717) is 16.6 Å². The van der Waals surface area contributed by atoms with Gasteiger partial charge in [-0.15, -0.1) is 0 Å². The Balaban J connectivity index is 2.22. The summed E-state index contributed by atoms with van der Waals surface area (Å²) in [6.45, 7) is 3.72. The third-order valence-corrected chi connectivity index (χ3v) is 5.12. The zero-order valence-corrected chi connectivity index (χ0v) is 16.3. The Bertz CT molecular complexity index is 923. The molecule has 1 unspecified atom stereocenters. The SMILES string of the molecule is CC1(C)CC(=O)C2=C(C1)N(c1cccc(Br)c1)C(=O)C2(O)C(=O)NC(N)=O. The normalized spacial score (nSPS) is 24.1. The van der Waals surface area contributed by atoms with Crippen LogP contribution in [0.1, 0.15) is 26.7 Å². The molecule has 0 fully saturated rings. The molecule has 1 aliphatic carbocycles. The number of primary amides is 1. The number of aliphatic hydroxyl groups is 1. The van der Waals surface area contributed by atoms with Crippen molar-refractivity contribution < 1.29 is 24.3 Å². The number of Topliss-reactive ketones (excluding diaryl/α,β-unsaturated/α-hetero) is 1. The zero-order chi connectivity index (χ0) is 20.1. The molecule has 1 heterocycles. The van der Waals surface area contributed by atoms with Crippen molar-refractivity contribution in [2.75, 3.05) is 4.90 Å². The smallest absolute Gasteiger partial charge is 0.318 e. The van der Waals surface area contributed by atoms with Crippen LogP contribution in [0, 0.1) is 5.41 Å². The molecule has 0 saturated heterocycles. The van der Waals surface area contributed by atoms with E-state index in [1.807, 2.05) is 13.8 Å². The molecule has 4 amide bonds. The number of halogens is 1. The van der Waals surface area contributed by atoms with Crippen molar-refractivity contribution in [3.05, 3.63) is 40.0 Å². The first kappa shape index (κ1) is 19.2. The molecule has 0 aromatic heterocycles. The second kappa shape index (κ2) is 6.28. The maximum Gasteiger partial charge on any atom is 0.318 e. The van der Waals surface area contributed by atoms with Gasteiger partial charge in [0.2, 0.25) is 0 Å². The number of imide groups is 1. The molecule has 0 saturated carbocycles. The number of allylic oxidation sites excluding steroid dienone is 1. The number of ketones is 1. The van der Waals surface area contributed by atoms with E-state index in [2.05, 4.69) is 15.9 Å². The summed E-state index contributed by atoms with van der Waals surface area (Å²) in [6.07, 6.45) is 0.343. The van der Waals surface area contributed by atoms with Crippen molar-refractivity contribution in [2.45, 2.75) is 32.3 Å². The number of carbonyl (C=O) groups is 4.